The lowest BCUT2D eigenvalue weighted by atomic mass is 10.00. The first-order valence-electron chi connectivity index (χ1n) is 7.10. The van der Waals surface area contributed by atoms with E-state index < -0.39 is 0 Å². The van der Waals surface area contributed by atoms with Crippen molar-refractivity contribution >= 4 is 6.03 Å². The Kier molecular flexibility index (Phi) is 5.87. The first kappa shape index (κ1) is 15.5. The maximum atomic E-state index is 11.7. The molecule has 106 valence electrons. The summed E-state index contributed by atoms with van der Waals surface area (Å²) in [5, 5.41) is 5.87. The van der Waals surface area contributed by atoms with Crippen LogP contribution in [0.2, 0.25) is 0 Å². The predicted octanol–water partition coefficient (Wildman–Crippen LogP) is 3.97. The van der Waals surface area contributed by atoms with Crippen molar-refractivity contribution in [2.24, 2.45) is 0 Å². The number of hydrogen-bond acceptors (Lipinski definition) is 1. The zero-order chi connectivity index (χ0) is 14.4. The van der Waals surface area contributed by atoms with E-state index in [-0.39, 0.29) is 18.1 Å². The van der Waals surface area contributed by atoms with Crippen LogP contribution in [0.3, 0.4) is 0 Å². The smallest absolute Gasteiger partial charge is 0.315 e. The lowest BCUT2D eigenvalue weighted by Gasteiger charge is -2.18. The van der Waals surface area contributed by atoms with Gasteiger partial charge >= 0.3 is 6.03 Å². The first-order chi connectivity index (χ1) is 8.93. The molecule has 2 amide bonds. The standard InChI is InChI=1S/C16H26N2O/c1-6-12(4)17-16(19)18-13(5)15-9-7-14(8-10-15)11(2)3/h7-13H,6H2,1-5H3,(H2,17,18,19)/t12-,13-/m1/s1. The van der Waals surface area contributed by atoms with E-state index in [0.717, 1.165) is 12.0 Å². The molecular formula is C16H26N2O. The average Bonchev–Trinajstić information content (AvgIpc) is 2.38. The fourth-order valence-corrected chi connectivity index (χ4v) is 1.82. The molecular weight excluding hydrogens is 236 g/mol. The minimum absolute atomic E-state index is 0.0188. The molecule has 0 spiro atoms. The van der Waals surface area contributed by atoms with Crippen LogP contribution in [-0.2, 0) is 0 Å². The molecule has 1 aromatic rings. The molecule has 3 nitrogen and oxygen atoms in total. The molecule has 1 aromatic carbocycles. The Hall–Kier alpha value is -1.51. The van der Waals surface area contributed by atoms with Crippen molar-refractivity contribution in [1.29, 1.82) is 0 Å². The molecule has 0 aromatic heterocycles. The highest BCUT2D eigenvalue weighted by atomic mass is 16.2. The molecule has 2 atom stereocenters. The Balaban J connectivity index is 2.57. The molecule has 0 fully saturated rings. The van der Waals surface area contributed by atoms with Gasteiger partial charge < -0.3 is 10.6 Å². The highest BCUT2D eigenvalue weighted by Gasteiger charge is 2.11. The summed E-state index contributed by atoms with van der Waals surface area (Å²) in [4.78, 5) is 11.7. The third-order valence-electron chi connectivity index (χ3n) is 3.44. The zero-order valence-corrected chi connectivity index (χ0v) is 12.7. The van der Waals surface area contributed by atoms with Crippen LogP contribution in [0.25, 0.3) is 0 Å². The van der Waals surface area contributed by atoms with E-state index in [9.17, 15) is 4.79 Å². The second-order valence-corrected chi connectivity index (χ2v) is 5.47. The van der Waals surface area contributed by atoms with E-state index in [4.69, 9.17) is 0 Å². The van der Waals surface area contributed by atoms with Gasteiger partial charge in [0.15, 0.2) is 0 Å². The van der Waals surface area contributed by atoms with Gasteiger partial charge in [0.05, 0.1) is 6.04 Å². The van der Waals surface area contributed by atoms with Gasteiger partial charge in [0.2, 0.25) is 0 Å². The molecule has 0 saturated carbocycles. The van der Waals surface area contributed by atoms with E-state index >= 15 is 0 Å². The molecule has 2 N–H and O–H groups in total. The molecule has 3 heteroatoms. The molecule has 0 aliphatic rings. The summed E-state index contributed by atoms with van der Waals surface area (Å²) in [5.74, 6) is 0.533. The number of hydrogen-bond donors (Lipinski definition) is 2. The summed E-state index contributed by atoms with van der Waals surface area (Å²) in [6.45, 7) is 10.4. The van der Waals surface area contributed by atoms with E-state index in [2.05, 4.69) is 55.7 Å². The monoisotopic (exact) mass is 262 g/mol. The van der Waals surface area contributed by atoms with Gasteiger partial charge in [0.1, 0.15) is 0 Å². The summed E-state index contributed by atoms with van der Waals surface area (Å²) in [6.07, 6.45) is 0.935. The number of amides is 2. The normalized spacial score (nSPS) is 14.0. The SMILES string of the molecule is CC[C@@H](C)NC(=O)N[C@H](C)c1ccc(C(C)C)cc1. The minimum atomic E-state index is -0.102. The van der Waals surface area contributed by atoms with Crippen molar-refractivity contribution in [3.8, 4) is 0 Å². The maximum absolute atomic E-state index is 11.7. The van der Waals surface area contributed by atoms with Crippen molar-refractivity contribution in [1.82, 2.24) is 10.6 Å². The van der Waals surface area contributed by atoms with Crippen molar-refractivity contribution in [2.45, 2.75) is 59.0 Å². The van der Waals surface area contributed by atoms with Gasteiger partial charge in [-0.15, -0.1) is 0 Å². The third kappa shape index (κ3) is 4.93. The zero-order valence-electron chi connectivity index (χ0n) is 12.7. The summed E-state index contributed by atoms with van der Waals surface area (Å²) < 4.78 is 0. The Bertz CT molecular complexity index is 398. The maximum Gasteiger partial charge on any atom is 0.315 e. The lowest BCUT2D eigenvalue weighted by molar-refractivity contribution is 0.234. The summed E-state index contributed by atoms with van der Waals surface area (Å²) >= 11 is 0. The number of nitrogens with one attached hydrogen (secondary N) is 2. The summed E-state index contributed by atoms with van der Waals surface area (Å²) in [5.41, 5.74) is 2.45. The van der Waals surface area contributed by atoms with Crippen LogP contribution < -0.4 is 10.6 Å². The minimum Gasteiger partial charge on any atom is -0.336 e. The highest BCUT2D eigenvalue weighted by molar-refractivity contribution is 5.74. The Morgan fingerprint density at radius 1 is 1.00 bits per heavy atom. The molecule has 0 aliphatic heterocycles. The molecule has 0 saturated heterocycles. The number of carbonyl (C=O) groups excluding carboxylic acids is 1. The van der Waals surface area contributed by atoms with Gasteiger partial charge in [-0.2, -0.15) is 0 Å². The quantitative estimate of drug-likeness (QED) is 0.828. The van der Waals surface area contributed by atoms with Crippen LogP contribution in [0.1, 0.15) is 64.1 Å². The van der Waals surface area contributed by atoms with E-state index in [1.54, 1.807) is 0 Å². The Morgan fingerprint density at radius 3 is 2.00 bits per heavy atom. The van der Waals surface area contributed by atoms with Crippen molar-refractivity contribution in [2.75, 3.05) is 0 Å². The molecule has 0 bridgehead atoms. The summed E-state index contributed by atoms with van der Waals surface area (Å²) in [7, 11) is 0. The van der Waals surface area contributed by atoms with E-state index in [1.165, 1.54) is 5.56 Å². The average molecular weight is 262 g/mol. The van der Waals surface area contributed by atoms with Crippen LogP contribution >= 0.6 is 0 Å². The van der Waals surface area contributed by atoms with Gasteiger partial charge in [-0.25, -0.2) is 4.79 Å². The largest absolute Gasteiger partial charge is 0.336 e. The lowest BCUT2D eigenvalue weighted by Crippen LogP contribution is -2.41. The van der Waals surface area contributed by atoms with E-state index in [0.29, 0.717) is 5.92 Å². The first-order valence-corrected chi connectivity index (χ1v) is 7.10. The topological polar surface area (TPSA) is 41.1 Å². The Labute approximate surface area is 116 Å². The van der Waals surface area contributed by atoms with Crippen LogP contribution in [0.15, 0.2) is 24.3 Å². The van der Waals surface area contributed by atoms with Crippen LogP contribution in [0, 0.1) is 0 Å². The van der Waals surface area contributed by atoms with Gasteiger partial charge in [-0.05, 0) is 37.3 Å². The predicted molar refractivity (Wildman–Crippen MR) is 80.4 cm³/mol. The number of urea groups is 1. The van der Waals surface area contributed by atoms with Gasteiger partial charge in [0.25, 0.3) is 0 Å². The highest BCUT2D eigenvalue weighted by Crippen LogP contribution is 2.18. The molecule has 0 unspecified atom stereocenters. The van der Waals surface area contributed by atoms with Crippen molar-refractivity contribution in [3.05, 3.63) is 35.4 Å². The Morgan fingerprint density at radius 2 is 1.53 bits per heavy atom. The van der Waals surface area contributed by atoms with Gasteiger partial charge in [-0.1, -0.05) is 45.0 Å². The van der Waals surface area contributed by atoms with Gasteiger partial charge in [0, 0.05) is 6.04 Å². The second-order valence-electron chi connectivity index (χ2n) is 5.47. The third-order valence-corrected chi connectivity index (χ3v) is 3.44. The molecule has 0 heterocycles. The van der Waals surface area contributed by atoms with Crippen molar-refractivity contribution < 1.29 is 4.79 Å². The van der Waals surface area contributed by atoms with Crippen LogP contribution in [-0.4, -0.2) is 12.1 Å². The van der Waals surface area contributed by atoms with Crippen molar-refractivity contribution in [3.63, 3.8) is 0 Å². The molecule has 0 radical (unpaired) electrons. The van der Waals surface area contributed by atoms with Gasteiger partial charge in [-0.3, -0.25) is 0 Å². The summed E-state index contributed by atoms with van der Waals surface area (Å²) in [6, 6.07) is 8.55. The fourth-order valence-electron chi connectivity index (χ4n) is 1.82. The molecule has 19 heavy (non-hydrogen) atoms. The molecule has 1 rings (SSSR count). The van der Waals surface area contributed by atoms with E-state index in [1.807, 2.05) is 13.8 Å². The van der Waals surface area contributed by atoms with Crippen LogP contribution in [0.5, 0.6) is 0 Å². The number of benzene rings is 1. The number of carbonyl (C=O) groups is 1. The second kappa shape index (κ2) is 7.17. The number of rotatable bonds is 5. The fraction of sp³-hybridized carbons (Fsp3) is 0.562. The van der Waals surface area contributed by atoms with Crippen LogP contribution in [0.4, 0.5) is 4.79 Å². The molecule has 0 aliphatic carbocycles.